The Labute approximate surface area is 160 Å². The first-order valence-corrected chi connectivity index (χ1v) is 9.83. The molecule has 2 aliphatic heterocycles. The number of rotatable bonds is 6. The van der Waals surface area contributed by atoms with Gasteiger partial charge >= 0.3 is 0 Å². The van der Waals surface area contributed by atoms with Gasteiger partial charge in [-0.15, -0.1) is 0 Å². The number of fused-ring (bicyclic) bond motifs is 1. The van der Waals surface area contributed by atoms with E-state index in [2.05, 4.69) is 35.5 Å². The van der Waals surface area contributed by atoms with E-state index in [4.69, 9.17) is 9.47 Å². The molecule has 0 spiro atoms. The van der Waals surface area contributed by atoms with Crippen molar-refractivity contribution in [2.24, 2.45) is 5.16 Å². The summed E-state index contributed by atoms with van der Waals surface area (Å²) in [5, 5.41) is 13.0. The summed E-state index contributed by atoms with van der Waals surface area (Å²) < 4.78 is 11.2. The number of ether oxygens (including phenoxy) is 2. The Hall–Kier alpha value is -2.53. The molecule has 5 nitrogen and oxygen atoms in total. The molecule has 0 amide bonds. The van der Waals surface area contributed by atoms with E-state index in [0.29, 0.717) is 24.8 Å². The summed E-state index contributed by atoms with van der Waals surface area (Å²) in [6.07, 6.45) is 3.02. The van der Waals surface area contributed by atoms with Gasteiger partial charge in [-0.3, -0.25) is 0 Å². The Morgan fingerprint density at radius 1 is 1.07 bits per heavy atom. The third-order valence-corrected chi connectivity index (χ3v) is 5.59. The average molecular weight is 367 g/mol. The molecule has 2 heterocycles. The van der Waals surface area contributed by atoms with Crippen LogP contribution >= 0.6 is 0 Å². The van der Waals surface area contributed by atoms with Crippen molar-refractivity contribution in [3.8, 4) is 11.5 Å². The highest BCUT2D eigenvalue weighted by molar-refractivity contribution is 6.00. The highest BCUT2D eigenvalue weighted by Crippen LogP contribution is 2.31. The predicted molar refractivity (Wildman–Crippen MR) is 104 cm³/mol. The predicted octanol–water partition coefficient (Wildman–Crippen LogP) is 2.49. The molecular formula is C22H27N2O3+. The molecule has 0 aliphatic carbocycles. The summed E-state index contributed by atoms with van der Waals surface area (Å²) in [5.74, 6) is 2.16. The maximum atomic E-state index is 9.48. The number of hydrogen-bond donors (Lipinski definition) is 2. The lowest BCUT2D eigenvalue weighted by atomic mass is 9.99. The van der Waals surface area contributed by atoms with Gasteiger partial charge in [0, 0.05) is 24.3 Å². The minimum atomic E-state index is 0.558. The Morgan fingerprint density at radius 3 is 2.70 bits per heavy atom. The standard InChI is InChI=1S/C22H26N2O3/c25-23-20(18-8-9-21-22(15-18)27-14-13-26-21)7-4-11-24-12-10-19(16-24)17-5-2-1-3-6-17/h1-3,5-6,8-9,15,19,25H,4,7,10-14,16H2/p+1/b23-20-/t19-/m1/s1. The first-order chi connectivity index (χ1) is 13.3. The molecule has 2 aromatic rings. The van der Waals surface area contributed by atoms with E-state index < -0.39 is 0 Å². The zero-order chi connectivity index (χ0) is 18.5. The van der Waals surface area contributed by atoms with Crippen molar-refractivity contribution in [2.45, 2.75) is 25.2 Å². The number of hydrogen-bond acceptors (Lipinski definition) is 4. The molecule has 0 saturated carbocycles. The number of oxime groups is 1. The molecule has 5 heteroatoms. The van der Waals surface area contributed by atoms with E-state index in [0.717, 1.165) is 36.4 Å². The summed E-state index contributed by atoms with van der Waals surface area (Å²) in [6, 6.07) is 16.6. The summed E-state index contributed by atoms with van der Waals surface area (Å²) in [7, 11) is 0. The average Bonchev–Trinajstić information content (AvgIpc) is 3.20. The smallest absolute Gasteiger partial charge is 0.162 e. The molecule has 0 bridgehead atoms. The number of nitrogens with zero attached hydrogens (tertiary/aromatic N) is 1. The van der Waals surface area contributed by atoms with Gasteiger partial charge in [0.15, 0.2) is 11.5 Å². The van der Waals surface area contributed by atoms with Crippen molar-refractivity contribution < 1.29 is 19.6 Å². The van der Waals surface area contributed by atoms with Crippen molar-refractivity contribution in [3.05, 3.63) is 59.7 Å². The SMILES string of the molecule is O/N=C(/CCC[NH+]1CC[C@@H](c2ccccc2)C1)c1ccc2c(c1)OCCO2. The van der Waals surface area contributed by atoms with Gasteiger partial charge in [0.05, 0.1) is 25.3 Å². The van der Waals surface area contributed by atoms with Crippen molar-refractivity contribution >= 4 is 5.71 Å². The number of benzene rings is 2. The van der Waals surface area contributed by atoms with Crippen molar-refractivity contribution in [1.82, 2.24) is 0 Å². The zero-order valence-corrected chi connectivity index (χ0v) is 15.6. The van der Waals surface area contributed by atoms with Crippen LogP contribution in [-0.2, 0) is 0 Å². The number of nitrogens with one attached hydrogen (secondary N) is 1. The van der Waals surface area contributed by atoms with E-state index in [1.807, 2.05) is 18.2 Å². The molecular weight excluding hydrogens is 340 g/mol. The van der Waals surface area contributed by atoms with Gasteiger partial charge in [0.25, 0.3) is 0 Å². The molecule has 0 aromatic heterocycles. The molecule has 27 heavy (non-hydrogen) atoms. The van der Waals surface area contributed by atoms with Gasteiger partial charge in [-0.2, -0.15) is 0 Å². The second-order valence-electron chi connectivity index (χ2n) is 7.36. The van der Waals surface area contributed by atoms with Gasteiger partial charge in [-0.25, -0.2) is 0 Å². The highest BCUT2D eigenvalue weighted by Gasteiger charge is 2.27. The van der Waals surface area contributed by atoms with E-state index in [-0.39, 0.29) is 0 Å². The van der Waals surface area contributed by atoms with Gasteiger partial charge in [0.1, 0.15) is 13.2 Å². The van der Waals surface area contributed by atoms with Crippen LogP contribution < -0.4 is 14.4 Å². The van der Waals surface area contributed by atoms with E-state index in [1.165, 1.54) is 25.1 Å². The molecule has 2 aromatic carbocycles. The van der Waals surface area contributed by atoms with Crippen LogP contribution in [0.1, 0.15) is 36.3 Å². The second-order valence-corrected chi connectivity index (χ2v) is 7.36. The fraction of sp³-hybridized carbons (Fsp3) is 0.409. The van der Waals surface area contributed by atoms with Gasteiger partial charge in [-0.1, -0.05) is 35.5 Å². The summed E-state index contributed by atoms with van der Waals surface area (Å²) in [5.41, 5.74) is 3.08. The van der Waals surface area contributed by atoms with Gasteiger partial charge < -0.3 is 19.6 Å². The lowest BCUT2D eigenvalue weighted by Crippen LogP contribution is -3.10. The summed E-state index contributed by atoms with van der Waals surface area (Å²) in [6.45, 7) is 4.65. The molecule has 0 radical (unpaired) electrons. The third kappa shape index (κ3) is 4.25. The molecule has 1 saturated heterocycles. The zero-order valence-electron chi connectivity index (χ0n) is 15.6. The van der Waals surface area contributed by atoms with Crippen LogP contribution in [0, 0.1) is 0 Å². The number of likely N-dealkylation sites (tertiary alicyclic amines) is 1. The van der Waals surface area contributed by atoms with Crippen molar-refractivity contribution in [3.63, 3.8) is 0 Å². The van der Waals surface area contributed by atoms with Gasteiger partial charge in [-0.05, 0) is 30.2 Å². The second kappa shape index (κ2) is 8.44. The Morgan fingerprint density at radius 2 is 1.89 bits per heavy atom. The molecule has 2 N–H and O–H groups in total. The normalized spacial score (nSPS) is 22.0. The molecule has 2 atom stereocenters. The van der Waals surface area contributed by atoms with Gasteiger partial charge in [0.2, 0.25) is 0 Å². The lowest BCUT2D eigenvalue weighted by Gasteiger charge is -2.19. The molecule has 1 unspecified atom stereocenters. The largest absolute Gasteiger partial charge is 0.486 e. The maximum Gasteiger partial charge on any atom is 0.162 e. The van der Waals surface area contributed by atoms with Crippen LogP contribution in [0.5, 0.6) is 11.5 Å². The van der Waals surface area contributed by atoms with E-state index >= 15 is 0 Å². The number of quaternary nitrogens is 1. The summed E-state index contributed by atoms with van der Waals surface area (Å²) >= 11 is 0. The molecule has 2 aliphatic rings. The molecule has 4 rings (SSSR count). The van der Waals surface area contributed by atoms with Crippen molar-refractivity contribution in [2.75, 3.05) is 32.8 Å². The van der Waals surface area contributed by atoms with Crippen molar-refractivity contribution in [1.29, 1.82) is 0 Å². The van der Waals surface area contributed by atoms with E-state index in [1.54, 1.807) is 4.90 Å². The highest BCUT2D eigenvalue weighted by atomic mass is 16.6. The fourth-order valence-corrected chi connectivity index (χ4v) is 4.15. The van der Waals surface area contributed by atoms with Crippen LogP contribution in [0.4, 0.5) is 0 Å². The van der Waals surface area contributed by atoms with Crippen LogP contribution in [0.2, 0.25) is 0 Å². The first-order valence-electron chi connectivity index (χ1n) is 9.83. The van der Waals surface area contributed by atoms with Crippen LogP contribution in [0.25, 0.3) is 0 Å². The molecule has 142 valence electrons. The van der Waals surface area contributed by atoms with Crippen LogP contribution in [0.3, 0.4) is 0 Å². The summed E-state index contributed by atoms with van der Waals surface area (Å²) in [4.78, 5) is 1.64. The third-order valence-electron chi connectivity index (χ3n) is 5.59. The Kier molecular flexibility index (Phi) is 5.58. The first kappa shape index (κ1) is 17.9. The fourth-order valence-electron chi connectivity index (χ4n) is 4.15. The quantitative estimate of drug-likeness (QED) is 0.469. The minimum absolute atomic E-state index is 0.558. The van der Waals surface area contributed by atoms with Crippen LogP contribution in [0.15, 0.2) is 53.7 Å². The van der Waals surface area contributed by atoms with E-state index in [9.17, 15) is 5.21 Å². The van der Waals surface area contributed by atoms with Crippen LogP contribution in [-0.4, -0.2) is 43.8 Å². The lowest BCUT2D eigenvalue weighted by molar-refractivity contribution is -0.888. The monoisotopic (exact) mass is 367 g/mol. The minimum Gasteiger partial charge on any atom is -0.486 e. The topological polar surface area (TPSA) is 55.5 Å². The Bertz CT molecular complexity index is 791. The Balaban J connectivity index is 1.29. The molecule has 1 fully saturated rings. The maximum absolute atomic E-state index is 9.48.